The van der Waals surface area contributed by atoms with Crippen molar-refractivity contribution in [1.29, 1.82) is 0 Å². The number of hydrogen-bond donors (Lipinski definition) is 5. The summed E-state index contributed by atoms with van der Waals surface area (Å²) in [6.45, 7) is 4.11. The van der Waals surface area contributed by atoms with Crippen LogP contribution >= 0.6 is 0 Å². The Bertz CT molecular complexity index is 1240. The number of allylic oxidation sites excluding steroid dienone is 4. The summed E-state index contributed by atoms with van der Waals surface area (Å²) in [5, 5.41) is 44.3. The molecule has 6 heteroatoms. The molecule has 0 saturated carbocycles. The molecule has 5 N–H and O–H groups in total. The Balaban J connectivity index is 3.53. The summed E-state index contributed by atoms with van der Waals surface area (Å²) in [6.07, 6.45) is 89.0. The predicted molar refractivity (Wildman–Crippen MR) is 358 cm³/mol. The van der Waals surface area contributed by atoms with Gasteiger partial charge in [0.05, 0.1) is 18.8 Å². The van der Waals surface area contributed by atoms with Crippen LogP contribution in [0.1, 0.15) is 418 Å². The first-order chi connectivity index (χ1) is 40.0. The van der Waals surface area contributed by atoms with Crippen LogP contribution in [0.4, 0.5) is 0 Å². The number of nitrogens with one attached hydrogen (secondary N) is 1. The zero-order valence-electron chi connectivity index (χ0n) is 55.1. The Morgan fingerprint density at radius 2 is 0.506 bits per heavy atom. The summed E-state index contributed by atoms with van der Waals surface area (Å²) < 4.78 is 0. The number of carbonyl (C=O) groups excluding carboxylic acids is 1. The molecule has 4 atom stereocenters. The van der Waals surface area contributed by atoms with E-state index in [1.54, 1.807) is 0 Å². The Morgan fingerprint density at radius 3 is 0.741 bits per heavy atom. The summed E-state index contributed by atoms with van der Waals surface area (Å²) in [5.41, 5.74) is 0. The predicted octanol–water partition coefficient (Wildman–Crippen LogP) is 23.3. The van der Waals surface area contributed by atoms with Gasteiger partial charge >= 0.3 is 0 Å². The minimum Gasteiger partial charge on any atom is -0.394 e. The molecule has 0 aliphatic carbocycles. The van der Waals surface area contributed by atoms with Gasteiger partial charge in [0.15, 0.2) is 0 Å². The maximum atomic E-state index is 12.7. The van der Waals surface area contributed by atoms with E-state index in [4.69, 9.17) is 0 Å². The number of aliphatic hydroxyl groups excluding tert-OH is 4. The highest BCUT2D eigenvalue weighted by atomic mass is 16.3. The topological polar surface area (TPSA) is 110 Å². The van der Waals surface area contributed by atoms with Gasteiger partial charge in [-0.25, -0.2) is 0 Å². The summed E-state index contributed by atoms with van der Waals surface area (Å²) in [6, 6.07) is -1.00. The minimum atomic E-state index is -1.28. The van der Waals surface area contributed by atoms with Gasteiger partial charge in [-0.3, -0.25) is 4.79 Å². The Morgan fingerprint density at radius 1 is 0.296 bits per heavy atom. The molecule has 0 aromatic carbocycles. The number of unbranched alkanes of at least 4 members (excludes halogenated alkanes) is 57. The molecule has 6 nitrogen and oxygen atoms in total. The first kappa shape index (κ1) is 79.8. The van der Waals surface area contributed by atoms with Crippen molar-refractivity contribution in [3.63, 3.8) is 0 Å². The van der Waals surface area contributed by atoms with E-state index in [-0.39, 0.29) is 0 Å². The molecule has 0 aliphatic heterocycles. The van der Waals surface area contributed by atoms with E-state index in [9.17, 15) is 25.2 Å². The molecule has 0 fully saturated rings. The van der Waals surface area contributed by atoms with Gasteiger partial charge in [0, 0.05) is 0 Å². The molecule has 81 heavy (non-hydrogen) atoms. The van der Waals surface area contributed by atoms with Crippen molar-refractivity contribution in [2.24, 2.45) is 0 Å². The van der Waals surface area contributed by atoms with Crippen LogP contribution in [0.15, 0.2) is 24.3 Å². The molecule has 4 unspecified atom stereocenters. The van der Waals surface area contributed by atoms with Crippen LogP contribution in [-0.2, 0) is 4.79 Å². The minimum absolute atomic E-state index is 0.367. The fourth-order valence-electron chi connectivity index (χ4n) is 12.1. The van der Waals surface area contributed by atoms with Crippen LogP contribution in [0.2, 0.25) is 0 Å². The highest BCUT2D eigenvalue weighted by Gasteiger charge is 2.28. The normalized spacial score (nSPS) is 13.5. The molecule has 0 rings (SSSR count). The van der Waals surface area contributed by atoms with E-state index in [0.717, 1.165) is 38.5 Å². The Labute approximate surface area is 507 Å². The Hall–Kier alpha value is -1.21. The second kappa shape index (κ2) is 69.6. The van der Waals surface area contributed by atoms with Gasteiger partial charge in [-0.2, -0.15) is 0 Å². The van der Waals surface area contributed by atoms with Crippen molar-refractivity contribution in [3.8, 4) is 0 Å². The first-order valence-electron chi connectivity index (χ1n) is 37.2. The monoisotopic (exact) mass is 1140 g/mol. The molecule has 0 radical (unpaired) electrons. The van der Waals surface area contributed by atoms with E-state index < -0.39 is 36.9 Å². The molecule has 0 aromatic heterocycles. The lowest BCUT2D eigenvalue weighted by Crippen LogP contribution is -2.53. The van der Waals surface area contributed by atoms with E-state index in [2.05, 4.69) is 43.5 Å². The third-order valence-electron chi connectivity index (χ3n) is 17.9. The van der Waals surface area contributed by atoms with Crippen LogP contribution in [0, 0.1) is 0 Å². The Kier molecular flexibility index (Phi) is 68.5. The van der Waals surface area contributed by atoms with Crippen molar-refractivity contribution >= 4 is 5.91 Å². The standard InChI is InChI=1S/C75H147NO5/c1-3-5-7-9-11-13-15-17-19-21-23-25-27-29-31-33-35-36-37-39-41-43-45-47-49-51-53-55-57-59-61-63-65-67-69-73(79)75(81)76-71(70-77)74(80)72(78)68-66-64-62-60-58-56-54-52-50-48-46-44-42-40-38-34-32-30-28-26-24-22-20-18-16-14-12-10-8-6-4-2/h33,35,60,62,71-74,77-80H,3-32,34,36-59,61,63-70H2,1-2H3,(H,76,81)/b35-33-,62-60+. The van der Waals surface area contributed by atoms with Crippen LogP contribution in [0.3, 0.4) is 0 Å². The van der Waals surface area contributed by atoms with Crippen LogP contribution in [0.25, 0.3) is 0 Å². The lowest BCUT2D eigenvalue weighted by atomic mass is 10.00. The number of carbonyl (C=O) groups is 1. The average molecular weight is 1140 g/mol. The van der Waals surface area contributed by atoms with Crippen molar-refractivity contribution in [1.82, 2.24) is 5.32 Å². The molecule has 0 bridgehead atoms. The largest absolute Gasteiger partial charge is 0.394 e. The fraction of sp³-hybridized carbons (Fsp3) is 0.933. The van der Waals surface area contributed by atoms with Gasteiger partial charge in [-0.05, 0) is 64.2 Å². The third-order valence-corrected chi connectivity index (χ3v) is 17.9. The second-order valence-corrected chi connectivity index (χ2v) is 26.0. The first-order valence-corrected chi connectivity index (χ1v) is 37.2. The smallest absolute Gasteiger partial charge is 0.249 e. The molecule has 0 saturated heterocycles. The SMILES string of the molecule is CCCCCCCCCCCCCCCC/C=C\CCCCCCCCCCCCCCCCCCC(O)C(=O)NC(CO)C(O)C(O)CCC/C=C/CCCCCCCCCCCCCCCCCCCCCCCCCCCC. The maximum absolute atomic E-state index is 12.7. The molecule has 0 spiro atoms. The van der Waals surface area contributed by atoms with E-state index in [0.29, 0.717) is 12.8 Å². The van der Waals surface area contributed by atoms with E-state index in [1.165, 1.54) is 353 Å². The highest BCUT2D eigenvalue weighted by Crippen LogP contribution is 2.20. The van der Waals surface area contributed by atoms with Crippen molar-refractivity contribution < 1.29 is 25.2 Å². The van der Waals surface area contributed by atoms with Gasteiger partial charge in [0.1, 0.15) is 12.2 Å². The lowest BCUT2D eigenvalue weighted by molar-refractivity contribution is -0.132. The van der Waals surface area contributed by atoms with E-state index in [1.807, 2.05) is 0 Å². The molecule has 482 valence electrons. The lowest BCUT2D eigenvalue weighted by Gasteiger charge is -2.27. The second-order valence-electron chi connectivity index (χ2n) is 26.0. The van der Waals surface area contributed by atoms with Gasteiger partial charge in [-0.15, -0.1) is 0 Å². The van der Waals surface area contributed by atoms with Gasteiger partial charge in [-0.1, -0.05) is 378 Å². The van der Waals surface area contributed by atoms with Gasteiger partial charge in [0.25, 0.3) is 0 Å². The van der Waals surface area contributed by atoms with E-state index >= 15 is 0 Å². The van der Waals surface area contributed by atoms with Crippen LogP contribution in [0.5, 0.6) is 0 Å². The summed E-state index contributed by atoms with van der Waals surface area (Å²) in [4.78, 5) is 12.7. The number of amides is 1. The molecule has 0 heterocycles. The quantitative estimate of drug-likeness (QED) is 0.0308. The fourth-order valence-corrected chi connectivity index (χ4v) is 12.1. The van der Waals surface area contributed by atoms with Crippen molar-refractivity contribution in [3.05, 3.63) is 24.3 Å². The van der Waals surface area contributed by atoms with Gasteiger partial charge in [0.2, 0.25) is 5.91 Å². The highest BCUT2D eigenvalue weighted by molar-refractivity contribution is 5.80. The third kappa shape index (κ3) is 63.1. The number of aliphatic hydroxyl groups is 4. The zero-order chi connectivity index (χ0) is 58.7. The number of rotatable bonds is 70. The molecule has 0 aromatic rings. The molecule has 1 amide bonds. The van der Waals surface area contributed by atoms with Crippen LogP contribution in [-0.4, -0.2) is 57.3 Å². The molecule has 0 aliphatic rings. The average Bonchev–Trinajstić information content (AvgIpc) is 3.47. The summed E-state index contributed by atoms with van der Waals surface area (Å²) >= 11 is 0. The molecular formula is C75H147NO5. The molecular weight excluding hydrogens is 995 g/mol. The zero-order valence-corrected chi connectivity index (χ0v) is 55.1. The van der Waals surface area contributed by atoms with Crippen molar-refractivity contribution in [2.75, 3.05) is 6.61 Å². The van der Waals surface area contributed by atoms with Crippen LogP contribution < -0.4 is 5.32 Å². The maximum Gasteiger partial charge on any atom is 0.249 e. The van der Waals surface area contributed by atoms with Gasteiger partial charge < -0.3 is 25.7 Å². The summed E-state index contributed by atoms with van der Waals surface area (Å²) in [5.74, 6) is -0.585. The summed E-state index contributed by atoms with van der Waals surface area (Å²) in [7, 11) is 0. The number of hydrogen-bond acceptors (Lipinski definition) is 5. The van der Waals surface area contributed by atoms with Crippen molar-refractivity contribution in [2.45, 2.75) is 443 Å².